The Morgan fingerprint density at radius 3 is 2.73 bits per heavy atom. The number of hydrogen-bond acceptors (Lipinski definition) is 7. The van der Waals surface area contributed by atoms with Crippen molar-refractivity contribution in [2.75, 3.05) is 23.7 Å². The Bertz CT molecular complexity index is 1260. The summed E-state index contributed by atoms with van der Waals surface area (Å²) in [6.07, 6.45) is 2.30. The second-order valence-electron chi connectivity index (χ2n) is 7.94. The molecule has 1 aromatic heterocycles. The molecule has 0 spiro atoms. The van der Waals surface area contributed by atoms with Gasteiger partial charge in [-0.1, -0.05) is 42.1 Å². The van der Waals surface area contributed by atoms with Crippen LogP contribution in [0.25, 0.3) is 0 Å². The summed E-state index contributed by atoms with van der Waals surface area (Å²) < 4.78 is 13.4. The van der Waals surface area contributed by atoms with E-state index >= 15 is 0 Å². The zero-order valence-corrected chi connectivity index (χ0v) is 18.3. The van der Waals surface area contributed by atoms with E-state index in [0.717, 1.165) is 18.0 Å². The van der Waals surface area contributed by atoms with Gasteiger partial charge in [0, 0.05) is 23.8 Å². The number of fused-ring (bicyclic) bond motifs is 1. The van der Waals surface area contributed by atoms with E-state index in [4.69, 9.17) is 4.99 Å². The van der Waals surface area contributed by atoms with E-state index in [-0.39, 0.29) is 11.8 Å². The molecule has 2 atom stereocenters. The Balaban J connectivity index is 1.53. The number of nitrogens with zero attached hydrogens (tertiary/aromatic N) is 5. The molecule has 0 radical (unpaired) electrons. The monoisotopic (exact) mass is 458 g/mol. The van der Waals surface area contributed by atoms with Crippen molar-refractivity contribution in [3.8, 4) is 6.07 Å². The number of rotatable bonds is 3. The first-order valence-corrected chi connectivity index (χ1v) is 11.4. The maximum absolute atomic E-state index is 13.4. The fourth-order valence-electron chi connectivity index (χ4n) is 4.31. The van der Waals surface area contributed by atoms with Crippen LogP contribution in [-0.2, 0) is 5.54 Å². The third-order valence-corrected chi connectivity index (χ3v) is 6.94. The normalized spacial score (nSPS) is 21.6. The van der Waals surface area contributed by atoms with Crippen LogP contribution >= 0.6 is 11.8 Å². The second kappa shape index (κ2) is 8.64. The molecular formula is C24H19FN6OS. The van der Waals surface area contributed by atoms with Crippen molar-refractivity contribution < 1.29 is 9.18 Å². The molecule has 2 aliphatic rings. The van der Waals surface area contributed by atoms with E-state index in [9.17, 15) is 14.4 Å². The number of halogens is 1. The zero-order valence-electron chi connectivity index (χ0n) is 17.5. The molecule has 3 aromatic rings. The van der Waals surface area contributed by atoms with E-state index in [1.165, 1.54) is 11.8 Å². The van der Waals surface area contributed by atoms with E-state index in [2.05, 4.69) is 21.4 Å². The second-order valence-corrected chi connectivity index (χ2v) is 8.95. The zero-order chi connectivity index (χ0) is 22.8. The predicted octanol–water partition coefficient (Wildman–Crippen LogP) is 3.35. The number of nitrogens with one attached hydrogen (secondary N) is 1. The van der Waals surface area contributed by atoms with Crippen LogP contribution in [0, 0.1) is 23.1 Å². The number of amidine groups is 1. The van der Waals surface area contributed by atoms with E-state index in [1.807, 2.05) is 41.3 Å². The van der Waals surface area contributed by atoms with Crippen molar-refractivity contribution in [3.05, 3.63) is 89.5 Å². The smallest absolute Gasteiger partial charge is 0.257 e. The van der Waals surface area contributed by atoms with E-state index in [0.29, 0.717) is 41.1 Å². The molecule has 33 heavy (non-hydrogen) atoms. The Labute approximate surface area is 194 Å². The number of thioether (sulfide) groups is 1. The standard InChI is InChI=1S/C24H19FN6OS/c25-20-11-27-22(28-12-20)31-13-19-14-33-23(29-21(32)17-6-2-1-3-7-17)30-24(19,15-31)18-8-4-5-16(9-18)10-26/h1-9,11-12,19H,13-15H2,(H,29,30,32). The van der Waals surface area contributed by atoms with Crippen molar-refractivity contribution >= 4 is 28.8 Å². The molecule has 1 amide bonds. The molecule has 164 valence electrons. The van der Waals surface area contributed by atoms with Crippen LogP contribution in [0.2, 0.25) is 0 Å². The number of anilines is 1. The van der Waals surface area contributed by atoms with Gasteiger partial charge in [-0.2, -0.15) is 5.26 Å². The minimum absolute atomic E-state index is 0.0856. The van der Waals surface area contributed by atoms with Gasteiger partial charge in [0.05, 0.1) is 30.6 Å². The molecule has 1 saturated heterocycles. The predicted molar refractivity (Wildman–Crippen MR) is 124 cm³/mol. The first kappa shape index (κ1) is 21.1. The van der Waals surface area contributed by atoms with Gasteiger partial charge in [0.1, 0.15) is 5.54 Å². The Morgan fingerprint density at radius 1 is 1.18 bits per heavy atom. The first-order chi connectivity index (χ1) is 16.1. The molecule has 2 aliphatic heterocycles. The number of hydrogen-bond donors (Lipinski definition) is 1. The summed E-state index contributed by atoms with van der Waals surface area (Å²) in [5.41, 5.74) is 1.29. The quantitative estimate of drug-likeness (QED) is 0.647. The average Bonchev–Trinajstić information content (AvgIpc) is 3.25. The number of amides is 1. The van der Waals surface area contributed by atoms with Crippen LogP contribution in [0.4, 0.5) is 10.3 Å². The number of benzene rings is 2. The van der Waals surface area contributed by atoms with Gasteiger partial charge in [-0.3, -0.25) is 4.79 Å². The molecule has 7 nitrogen and oxygen atoms in total. The average molecular weight is 459 g/mol. The highest BCUT2D eigenvalue weighted by Gasteiger charge is 2.51. The minimum atomic E-state index is -0.699. The summed E-state index contributed by atoms with van der Waals surface area (Å²) in [5, 5.41) is 12.9. The van der Waals surface area contributed by atoms with Crippen LogP contribution in [0.15, 0.2) is 72.0 Å². The van der Waals surface area contributed by atoms with Gasteiger partial charge < -0.3 is 10.2 Å². The summed E-state index contributed by atoms with van der Waals surface area (Å²) in [6, 6.07) is 18.6. The summed E-state index contributed by atoms with van der Waals surface area (Å²) >= 11 is 1.49. The van der Waals surface area contributed by atoms with Crippen LogP contribution in [0.1, 0.15) is 21.5 Å². The number of carbonyl (C=O) groups excluding carboxylic acids is 1. The fraction of sp³-hybridized carbons (Fsp3) is 0.208. The lowest BCUT2D eigenvalue weighted by Gasteiger charge is -2.35. The third kappa shape index (κ3) is 4.05. The van der Waals surface area contributed by atoms with Gasteiger partial charge in [0.15, 0.2) is 11.0 Å². The highest BCUT2D eigenvalue weighted by molar-refractivity contribution is 8.13. The van der Waals surface area contributed by atoms with E-state index < -0.39 is 11.4 Å². The van der Waals surface area contributed by atoms with Gasteiger partial charge in [-0.15, -0.1) is 0 Å². The van der Waals surface area contributed by atoms with Gasteiger partial charge in [0.25, 0.3) is 5.91 Å². The Morgan fingerprint density at radius 2 is 1.97 bits per heavy atom. The van der Waals surface area contributed by atoms with Crippen LogP contribution < -0.4 is 10.2 Å². The summed E-state index contributed by atoms with van der Waals surface area (Å²) in [4.78, 5) is 28.1. The lowest BCUT2D eigenvalue weighted by Crippen LogP contribution is -2.42. The number of aromatic nitrogens is 2. The molecular weight excluding hydrogens is 439 g/mol. The molecule has 1 fully saturated rings. The highest BCUT2D eigenvalue weighted by atomic mass is 32.2. The Kier molecular flexibility index (Phi) is 5.52. The molecule has 1 N–H and O–H groups in total. The largest absolute Gasteiger partial charge is 0.338 e. The molecule has 2 unspecified atom stereocenters. The van der Waals surface area contributed by atoms with Crippen LogP contribution in [0.3, 0.4) is 0 Å². The molecule has 2 aromatic carbocycles. The number of aliphatic imine (C=N–C) groups is 1. The third-order valence-electron chi connectivity index (χ3n) is 5.91. The van der Waals surface area contributed by atoms with Gasteiger partial charge in [0.2, 0.25) is 5.95 Å². The minimum Gasteiger partial charge on any atom is -0.338 e. The van der Waals surface area contributed by atoms with Gasteiger partial charge in [-0.05, 0) is 29.8 Å². The molecule has 0 bridgehead atoms. The number of carbonyl (C=O) groups is 1. The van der Waals surface area contributed by atoms with Gasteiger partial charge >= 0.3 is 0 Å². The first-order valence-electron chi connectivity index (χ1n) is 10.4. The molecule has 3 heterocycles. The fourth-order valence-corrected chi connectivity index (χ4v) is 5.44. The SMILES string of the molecule is N#Cc1cccc(C23CN(c4ncc(F)cn4)CC2CSC(NC(=O)c2ccccc2)=N3)c1. The lowest BCUT2D eigenvalue weighted by atomic mass is 9.81. The van der Waals surface area contributed by atoms with Crippen molar-refractivity contribution in [3.63, 3.8) is 0 Å². The maximum atomic E-state index is 13.4. The number of nitriles is 1. The molecule has 5 rings (SSSR count). The molecule has 9 heteroatoms. The van der Waals surface area contributed by atoms with Crippen LogP contribution in [-0.4, -0.2) is 39.9 Å². The van der Waals surface area contributed by atoms with Crippen LogP contribution in [0.5, 0.6) is 0 Å². The van der Waals surface area contributed by atoms with Crippen molar-refractivity contribution in [1.29, 1.82) is 5.26 Å². The van der Waals surface area contributed by atoms with Crippen molar-refractivity contribution in [1.82, 2.24) is 15.3 Å². The highest BCUT2D eigenvalue weighted by Crippen LogP contribution is 2.46. The van der Waals surface area contributed by atoms with E-state index in [1.54, 1.807) is 18.2 Å². The van der Waals surface area contributed by atoms with Gasteiger partial charge in [-0.25, -0.2) is 19.4 Å². The molecule has 0 saturated carbocycles. The summed E-state index contributed by atoms with van der Waals surface area (Å²) in [6.45, 7) is 1.07. The van der Waals surface area contributed by atoms with Crippen molar-refractivity contribution in [2.24, 2.45) is 10.9 Å². The molecule has 0 aliphatic carbocycles. The topological polar surface area (TPSA) is 94.3 Å². The Hall–Kier alpha value is -3.77. The van der Waals surface area contributed by atoms with Crippen molar-refractivity contribution in [2.45, 2.75) is 5.54 Å². The maximum Gasteiger partial charge on any atom is 0.257 e. The lowest BCUT2D eigenvalue weighted by molar-refractivity contribution is 0.0977. The summed E-state index contributed by atoms with van der Waals surface area (Å²) in [5.74, 6) is 0.505. The summed E-state index contributed by atoms with van der Waals surface area (Å²) in [7, 11) is 0.